The maximum absolute atomic E-state index is 13.0. The van der Waals surface area contributed by atoms with Crippen molar-refractivity contribution in [3.63, 3.8) is 0 Å². The standard InChI is InChI=1S/C19H17N3O/c1-3-9-14-10-8-13-16-18(14)19(23)22(17(4-2)20-16)21-15-11-6-5-7-12-15/h5-8,10-13,21H,4H2,1-2H3. The first-order chi connectivity index (χ1) is 11.2. The molecule has 0 bridgehead atoms. The van der Waals surface area contributed by atoms with Gasteiger partial charge in [-0.15, -0.1) is 5.92 Å². The van der Waals surface area contributed by atoms with Gasteiger partial charge >= 0.3 is 0 Å². The van der Waals surface area contributed by atoms with Crippen LogP contribution in [0.25, 0.3) is 10.9 Å². The lowest BCUT2D eigenvalue weighted by molar-refractivity contribution is 0.780. The van der Waals surface area contributed by atoms with E-state index in [1.54, 1.807) is 6.92 Å². The van der Waals surface area contributed by atoms with Crippen molar-refractivity contribution in [1.29, 1.82) is 0 Å². The topological polar surface area (TPSA) is 46.9 Å². The van der Waals surface area contributed by atoms with Gasteiger partial charge in [0, 0.05) is 12.0 Å². The van der Waals surface area contributed by atoms with Gasteiger partial charge in [-0.3, -0.25) is 10.2 Å². The lowest BCUT2D eigenvalue weighted by Gasteiger charge is -2.15. The number of aromatic nitrogens is 2. The summed E-state index contributed by atoms with van der Waals surface area (Å²) < 4.78 is 1.51. The molecule has 0 aliphatic carbocycles. The highest BCUT2D eigenvalue weighted by Gasteiger charge is 2.12. The number of nitrogens with zero attached hydrogens (tertiary/aromatic N) is 2. The number of fused-ring (bicyclic) bond motifs is 1. The van der Waals surface area contributed by atoms with E-state index in [4.69, 9.17) is 0 Å². The van der Waals surface area contributed by atoms with Crippen LogP contribution < -0.4 is 11.0 Å². The molecule has 3 aromatic rings. The van der Waals surface area contributed by atoms with Gasteiger partial charge in [-0.05, 0) is 31.2 Å². The summed E-state index contributed by atoms with van der Waals surface area (Å²) in [5, 5.41) is 0.544. The van der Waals surface area contributed by atoms with E-state index in [9.17, 15) is 4.79 Å². The van der Waals surface area contributed by atoms with Crippen LogP contribution >= 0.6 is 0 Å². The zero-order valence-electron chi connectivity index (χ0n) is 13.1. The molecule has 4 nitrogen and oxygen atoms in total. The Bertz CT molecular complexity index is 963. The highest BCUT2D eigenvalue weighted by molar-refractivity contribution is 5.84. The van der Waals surface area contributed by atoms with Crippen molar-refractivity contribution in [3.05, 3.63) is 70.3 Å². The van der Waals surface area contributed by atoms with Crippen LogP contribution in [0.1, 0.15) is 25.2 Å². The predicted octanol–water partition coefficient (Wildman–Crippen LogP) is 3.21. The highest BCUT2D eigenvalue weighted by atomic mass is 16.1. The van der Waals surface area contributed by atoms with E-state index in [0.717, 1.165) is 5.69 Å². The van der Waals surface area contributed by atoms with Gasteiger partial charge in [-0.25, -0.2) is 9.66 Å². The third kappa shape index (κ3) is 2.82. The Labute approximate surface area is 134 Å². The largest absolute Gasteiger partial charge is 0.290 e. The summed E-state index contributed by atoms with van der Waals surface area (Å²) in [6, 6.07) is 15.2. The van der Waals surface area contributed by atoms with E-state index in [-0.39, 0.29) is 5.56 Å². The second-order valence-electron chi connectivity index (χ2n) is 5.07. The molecule has 1 aromatic heterocycles. The van der Waals surface area contributed by atoms with E-state index < -0.39 is 0 Å². The minimum atomic E-state index is -0.131. The van der Waals surface area contributed by atoms with Crippen molar-refractivity contribution < 1.29 is 0 Å². The fourth-order valence-electron chi connectivity index (χ4n) is 2.51. The third-order valence-corrected chi connectivity index (χ3v) is 3.56. The fraction of sp³-hybridized carbons (Fsp3) is 0.158. The van der Waals surface area contributed by atoms with Gasteiger partial charge in [-0.1, -0.05) is 37.1 Å². The number of para-hydroxylation sites is 1. The van der Waals surface area contributed by atoms with Crippen molar-refractivity contribution >= 4 is 16.6 Å². The molecule has 0 aliphatic rings. The van der Waals surface area contributed by atoms with Crippen LogP contribution in [0, 0.1) is 11.8 Å². The number of hydrogen-bond acceptors (Lipinski definition) is 3. The van der Waals surface area contributed by atoms with Gasteiger partial charge in [-0.2, -0.15) is 0 Å². The molecule has 0 radical (unpaired) electrons. The Kier molecular flexibility index (Phi) is 4.11. The molecular formula is C19H17N3O. The van der Waals surface area contributed by atoms with Crippen molar-refractivity contribution in [2.24, 2.45) is 0 Å². The van der Waals surface area contributed by atoms with Crippen molar-refractivity contribution in [2.75, 3.05) is 5.43 Å². The second kappa shape index (κ2) is 6.37. The summed E-state index contributed by atoms with van der Waals surface area (Å²) in [5.74, 6) is 6.53. The van der Waals surface area contributed by atoms with Gasteiger partial charge in [0.15, 0.2) is 0 Å². The summed E-state index contributed by atoms with van der Waals surface area (Å²) in [6.07, 6.45) is 0.648. The number of rotatable bonds is 3. The van der Waals surface area contributed by atoms with Gasteiger partial charge in [0.2, 0.25) is 0 Å². The summed E-state index contributed by atoms with van der Waals surface area (Å²) >= 11 is 0. The molecule has 3 rings (SSSR count). The van der Waals surface area contributed by atoms with Gasteiger partial charge in [0.25, 0.3) is 5.56 Å². The first-order valence-electron chi connectivity index (χ1n) is 7.54. The Hall–Kier alpha value is -3.06. The van der Waals surface area contributed by atoms with Crippen LogP contribution in [-0.2, 0) is 6.42 Å². The Balaban J connectivity index is 2.27. The Morgan fingerprint density at radius 2 is 1.91 bits per heavy atom. The van der Waals surface area contributed by atoms with Gasteiger partial charge in [0.05, 0.1) is 16.6 Å². The van der Waals surface area contributed by atoms with Crippen LogP contribution in [0.5, 0.6) is 0 Å². The molecule has 2 aromatic carbocycles. The molecule has 0 amide bonds. The number of aryl methyl sites for hydroxylation is 1. The summed E-state index contributed by atoms with van der Waals surface area (Å²) in [4.78, 5) is 17.6. The number of anilines is 1. The van der Waals surface area contributed by atoms with E-state index in [2.05, 4.69) is 22.3 Å². The van der Waals surface area contributed by atoms with E-state index in [0.29, 0.717) is 28.7 Å². The van der Waals surface area contributed by atoms with Crippen LogP contribution in [0.3, 0.4) is 0 Å². The zero-order valence-corrected chi connectivity index (χ0v) is 13.1. The Morgan fingerprint density at radius 1 is 1.13 bits per heavy atom. The monoisotopic (exact) mass is 303 g/mol. The molecule has 0 fully saturated rings. The molecule has 23 heavy (non-hydrogen) atoms. The zero-order chi connectivity index (χ0) is 16.2. The molecule has 0 spiro atoms. The summed E-state index contributed by atoms with van der Waals surface area (Å²) in [6.45, 7) is 3.74. The minimum absolute atomic E-state index is 0.131. The third-order valence-electron chi connectivity index (χ3n) is 3.56. The Morgan fingerprint density at radius 3 is 2.61 bits per heavy atom. The van der Waals surface area contributed by atoms with Gasteiger partial charge < -0.3 is 0 Å². The molecule has 0 aliphatic heterocycles. The lowest BCUT2D eigenvalue weighted by Crippen LogP contribution is -2.31. The van der Waals surface area contributed by atoms with E-state index in [1.807, 2.05) is 55.5 Å². The SMILES string of the molecule is CC#Cc1cccc2nc(CC)n(Nc3ccccc3)c(=O)c12. The molecule has 1 heterocycles. The predicted molar refractivity (Wildman–Crippen MR) is 93.4 cm³/mol. The fourth-order valence-corrected chi connectivity index (χ4v) is 2.51. The average Bonchev–Trinajstić information content (AvgIpc) is 2.58. The van der Waals surface area contributed by atoms with Crippen molar-refractivity contribution in [3.8, 4) is 11.8 Å². The maximum atomic E-state index is 13.0. The van der Waals surface area contributed by atoms with E-state index in [1.165, 1.54) is 4.68 Å². The quantitative estimate of drug-likeness (QED) is 0.756. The van der Waals surface area contributed by atoms with Crippen LogP contribution in [-0.4, -0.2) is 9.66 Å². The molecule has 1 N–H and O–H groups in total. The molecule has 114 valence electrons. The summed E-state index contributed by atoms with van der Waals surface area (Å²) in [5.41, 5.74) is 5.24. The molecular weight excluding hydrogens is 286 g/mol. The first kappa shape index (κ1) is 14.9. The number of benzene rings is 2. The molecule has 0 saturated carbocycles. The highest BCUT2D eigenvalue weighted by Crippen LogP contribution is 2.14. The number of nitrogens with one attached hydrogen (secondary N) is 1. The van der Waals surface area contributed by atoms with E-state index >= 15 is 0 Å². The van der Waals surface area contributed by atoms with Crippen molar-refractivity contribution in [1.82, 2.24) is 9.66 Å². The van der Waals surface area contributed by atoms with Gasteiger partial charge in [0.1, 0.15) is 5.82 Å². The molecule has 0 atom stereocenters. The average molecular weight is 303 g/mol. The first-order valence-corrected chi connectivity index (χ1v) is 7.54. The van der Waals surface area contributed by atoms with Crippen LogP contribution in [0.2, 0.25) is 0 Å². The van der Waals surface area contributed by atoms with Crippen LogP contribution in [0.4, 0.5) is 5.69 Å². The lowest BCUT2D eigenvalue weighted by atomic mass is 10.1. The second-order valence-corrected chi connectivity index (χ2v) is 5.07. The number of hydrogen-bond donors (Lipinski definition) is 1. The van der Waals surface area contributed by atoms with Crippen LogP contribution in [0.15, 0.2) is 53.3 Å². The maximum Gasteiger partial charge on any atom is 0.281 e. The van der Waals surface area contributed by atoms with Crippen molar-refractivity contribution in [2.45, 2.75) is 20.3 Å². The normalized spacial score (nSPS) is 10.2. The molecule has 0 saturated heterocycles. The smallest absolute Gasteiger partial charge is 0.281 e. The minimum Gasteiger partial charge on any atom is -0.290 e. The summed E-state index contributed by atoms with van der Waals surface area (Å²) in [7, 11) is 0. The molecule has 0 unspecified atom stereocenters. The molecule has 4 heteroatoms.